The Hall–Kier alpha value is -2.51. The second-order valence-corrected chi connectivity index (χ2v) is 12.0. The summed E-state index contributed by atoms with van der Waals surface area (Å²) in [6.45, 7) is 4.25. The van der Waals surface area contributed by atoms with Crippen LogP contribution in [0.15, 0.2) is 57.5 Å². The Balaban J connectivity index is 1.44. The molecule has 0 amide bonds. The fraction of sp³-hybridized carbons (Fsp3) is 0.429. The zero-order chi connectivity index (χ0) is 24.6. The molecule has 2 heterocycles. The number of esters is 1. The molecule has 184 valence electrons. The highest BCUT2D eigenvalue weighted by Gasteiger charge is 2.48. The lowest BCUT2D eigenvalue weighted by atomic mass is 9.77. The third kappa shape index (κ3) is 4.94. The van der Waals surface area contributed by atoms with Gasteiger partial charge in [0.1, 0.15) is 22.0 Å². The van der Waals surface area contributed by atoms with Crippen LogP contribution in [0.25, 0.3) is 10.2 Å². The minimum atomic E-state index is -0.692. The van der Waals surface area contributed by atoms with Crippen molar-refractivity contribution in [2.24, 2.45) is 5.92 Å². The highest BCUT2D eigenvalue weighted by Crippen LogP contribution is 2.48. The third-order valence-corrected chi connectivity index (χ3v) is 9.35. The van der Waals surface area contributed by atoms with Crippen molar-refractivity contribution in [3.05, 3.63) is 63.7 Å². The summed E-state index contributed by atoms with van der Waals surface area (Å²) in [6.07, 6.45) is 6.00. The molecule has 35 heavy (non-hydrogen) atoms. The molecule has 1 aliphatic carbocycles. The number of carbonyl (C=O) groups is 1. The Morgan fingerprint density at radius 1 is 1.17 bits per heavy atom. The summed E-state index contributed by atoms with van der Waals surface area (Å²) in [5, 5.41) is 20.9. The fourth-order valence-electron chi connectivity index (χ4n) is 5.44. The quantitative estimate of drug-likeness (QED) is 0.321. The molecule has 0 spiro atoms. The molecule has 0 bridgehead atoms. The number of phenolic OH excluding ortho intramolecular Hbond substituents is 1. The molecule has 2 aliphatic rings. The van der Waals surface area contributed by atoms with Gasteiger partial charge in [-0.1, -0.05) is 50.6 Å². The van der Waals surface area contributed by atoms with E-state index in [0.717, 1.165) is 58.3 Å². The Kier molecular flexibility index (Phi) is 6.82. The lowest BCUT2D eigenvalue weighted by Gasteiger charge is -2.41. The van der Waals surface area contributed by atoms with Gasteiger partial charge in [-0.3, -0.25) is 0 Å². The van der Waals surface area contributed by atoms with Crippen molar-refractivity contribution in [3.63, 3.8) is 0 Å². The van der Waals surface area contributed by atoms with Crippen molar-refractivity contribution in [1.29, 1.82) is 0 Å². The minimum Gasteiger partial charge on any atom is -0.511 e. The van der Waals surface area contributed by atoms with E-state index in [1.54, 1.807) is 23.5 Å². The van der Waals surface area contributed by atoms with Gasteiger partial charge in [-0.15, -0.1) is 11.3 Å². The topological polar surface area (TPSA) is 79.7 Å². The van der Waals surface area contributed by atoms with Gasteiger partial charge in [0.2, 0.25) is 0 Å². The van der Waals surface area contributed by atoms with Crippen LogP contribution in [0.3, 0.4) is 0 Å². The summed E-state index contributed by atoms with van der Waals surface area (Å²) in [7, 11) is 0. The molecule has 2 N–H and O–H groups in total. The van der Waals surface area contributed by atoms with E-state index in [1.807, 2.05) is 17.6 Å². The molecule has 1 atom stereocenters. The van der Waals surface area contributed by atoms with E-state index in [9.17, 15) is 15.0 Å². The summed E-state index contributed by atoms with van der Waals surface area (Å²) in [6, 6.07) is 11.3. The van der Waals surface area contributed by atoms with Crippen molar-refractivity contribution in [1.82, 2.24) is 4.98 Å². The normalized spacial score (nSPS) is 21.3. The molecule has 5 nitrogen and oxygen atoms in total. The largest absolute Gasteiger partial charge is 0.511 e. The number of carbonyl (C=O) groups excluding carboxylic acids is 1. The van der Waals surface area contributed by atoms with Crippen molar-refractivity contribution in [2.45, 2.75) is 75.2 Å². The van der Waals surface area contributed by atoms with Crippen LogP contribution in [0, 0.1) is 5.92 Å². The van der Waals surface area contributed by atoms with Gasteiger partial charge in [-0.2, -0.15) is 0 Å². The lowest BCUT2D eigenvalue weighted by molar-refractivity contribution is -0.166. The zero-order valence-corrected chi connectivity index (χ0v) is 21.8. The van der Waals surface area contributed by atoms with E-state index < -0.39 is 11.6 Å². The molecule has 0 unspecified atom stereocenters. The van der Waals surface area contributed by atoms with Gasteiger partial charge in [0.05, 0.1) is 15.7 Å². The number of aliphatic hydroxyl groups is 1. The van der Waals surface area contributed by atoms with E-state index in [0.29, 0.717) is 17.7 Å². The number of aromatic nitrogens is 1. The number of thiazole rings is 1. The third-order valence-electron chi connectivity index (χ3n) is 7.38. The number of benzene rings is 2. The highest BCUT2D eigenvalue weighted by molar-refractivity contribution is 8.04. The summed E-state index contributed by atoms with van der Waals surface area (Å²) in [5.74, 6) is 0.465. The van der Waals surface area contributed by atoms with Crippen LogP contribution in [0.1, 0.15) is 69.4 Å². The molecule has 5 rings (SSSR count). The van der Waals surface area contributed by atoms with Crippen LogP contribution in [0.4, 0.5) is 0 Å². The van der Waals surface area contributed by atoms with E-state index in [4.69, 9.17) is 4.74 Å². The molecule has 1 fully saturated rings. The predicted octanol–water partition coefficient (Wildman–Crippen LogP) is 7.50. The summed E-state index contributed by atoms with van der Waals surface area (Å²) in [5.41, 5.74) is 4.30. The maximum absolute atomic E-state index is 13.4. The average Bonchev–Trinajstić information content (AvgIpc) is 3.53. The number of hydrogen-bond acceptors (Lipinski definition) is 7. The first-order valence-electron chi connectivity index (χ1n) is 12.3. The van der Waals surface area contributed by atoms with Crippen molar-refractivity contribution >= 4 is 39.3 Å². The molecule has 1 aliphatic heterocycles. The monoisotopic (exact) mass is 509 g/mol. The molecule has 0 radical (unpaired) electrons. The Morgan fingerprint density at radius 2 is 1.91 bits per heavy atom. The van der Waals surface area contributed by atoms with Gasteiger partial charge in [-0.25, -0.2) is 9.78 Å². The van der Waals surface area contributed by atoms with Crippen LogP contribution < -0.4 is 0 Å². The maximum Gasteiger partial charge on any atom is 0.349 e. The number of aliphatic hydroxyl groups excluding tert-OH is 1. The van der Waals surface area contributed by atoms with Crippen LogP contribution in [0.2, 0.25) is 0 Å². The van der Waals surface area contributed by atoms with Gasteiger partial charge in [0.25, 0.3) is 0 Å². The molecule has 7 heteroatoms. The predicted molar refractivity (Wildman–Crippen MR) is 141 cm³/mol. The number of phenols is 1. The Morgan fingerprint density at radius 3 is 2.60 bits per heavy atom. The number of thioether (sulfide) groups is 1. The standard InChI is InChI=1S/C28H31NO4S2/c1-17(2)21-13-22-25(34-16-29-22)14-24(21)35-26-23(31)15-28(33-27(26)32,19-5-3-4-6-19)12-11-18-7-9-20(30)10-8-18/h7-10,13-14,16-17,19,30-31H,3-6,11-12,15H2,1-2H3/t28-/m0/s1. The molecule has 3 aromatic rings. The summed E-state index contributed by atoms with van der Waals surface area (Å²) < 4.78 is 7.36. The number of aromatic hydroxyl groups is 1. The number of cyclic esters (lactones) is 1. The van der Waals surface area contributed by atoms with Gasteiger partial charge >= 0.3 is 5.97 Å². The minimum absolute atomic E-state index is 0.142. The number of hydrogen-bond donors (Lipinski definition) is 2. The second kappa shape index (κ2) is 9.86. The first kappa shape index (κ1) is 24.2. The van der Waals surface area contributed by atoms with Crippen LogP contribution in [-0.4, -0.2) is 26.8 Å². The maximum atomic E-state index is 13.4. The summed E-state index contributed by atoms with van der Waals surface area (Å²) in [4.78, 5) is 19.1. The molecule has 2 aromatic carbocycles. The Bertz CT molecular complexity index is 1260. The molecule has 1 saturated carbocycles. The first-order valence-corrected chi connectivity index (χ1v) is 14.0. The SMILES string of the molecule is CC(C)c1cc2ncsc2cc1SC1=C(O)C[C@@](CCc2ccc(O)cc2)(C2CCCC2)OC1=O. The van der Waals surface area contributed by atoms with Crippen molar-refractivity contribution in [3.8, 4) is 5.75 Å². The molecule has 0 saturated heterocycles. The van der Waals surface area contributed by atoms with E-state index in [2.05, 4.69) is 31.0 Å². The molecule has 1 aromatic heterocycles. The average molecular weight is 510 g/mol. The van der Waals surface area contributed by atoms with E-state index in [1.165, 1.54) is 11.8 Å². The number of nitrogens with zero attached hydrogens (tertiary/aromatic N) is 1. The van der Waals surface area contributed by atoms with E-state index in [-0.39, 0.29) is 23.3 Å². The van der Waals surface area contributed by atoms with Gasteiger partial charge in [-0.05, 0) is 72.9 Å². The highest BCUT2D eigenvalue weighted by atomic mass is 32.2. The second-order valence-electron chi connectivity index (χ2n) is 10.0. The smallest absolute Gasteiger partial charge is 0.349 e. The molecular formula is C28H31NO4S2. The van der Waals surface area contributed by atoms with Crippen molar-refractivity contribution < 1.29 is 19.7 Å². The van der Waals surface area contributed by atoms with Crippen molar-refractivity contribution in [2.75, 3.05) is 0 Å². The number of ether oxygens (including phenoxy) is 1. The zero-order valence-electron chi connectivity index (χ0n) is 20.1. The fourth-order valence-corrected chi connectivity index (χ4v) is 7.34. The first-order chi connectivity index (χ1) is 16.8. The van der Waals surface area contributed by atoms with Gasteiger partial charge < -0.3 is 14.9 Å². The van der Waals surface area contributed by atoms with Gasteiger partial charge in [0.15, 0.2) is 0 Å². The number of fused-ring (bicyclic) bond motifs is 1. The molecular weight excluding hydrogens is 478 g/mol. The lowest BCUT2D eigenvalue weighted by Crippen LogP contribution is -2.45. The number of rotatable bonds is 7. The summed E-state index contributed by atoms with van der Waals surface area (Å²) >= 11 is 2.89. The van der Waals surface area contributed by atoms with Crippen LogP contribution in [-0.2, 0) is 16.0 Å². The van der Waals surface area contributed by atoms with Gasteiger partial charge in [0, 0.05) is 11.3 Å². The Labute approximate surface area is 214 Å². The number of aryl methyl sites for hydroxylation is 1. The van der Waals surface area contributed by atoms with Crippen LogP contribution >= 0.6 is 23.1 Å². The van der Waals surface area contributed by atoms with E-state index >= 15 is 0 Å². The van der Waals surface area contributed by atoms with Crippen LogP contribution in [0.5, 0.6) is 5.75 Å².